The van der Waals surface area contributed by atoms with Crippen molar-refractivity contribution in [3.63, 3.8) is 0 Å². The number of benzene rings is 2. The number of hydrogen-bond acceptors (Lipinski definition) is 5. The van der Waals surface area contributed by atoms with Crippen molar-refractivity contribution in [1.29, 1.82) is 0 Å². The molecule has 1 spiro atoms. The fraction of sp³-hybridized carbons (Fsp3) is 0.423. The monoisotopic (exact) mass is 461 g/mol. The molecule has 4 amide bonds. The van der Waals surface area contributed by atoms with Gasteiger partial charge in [-0.05, 0) is 54.5 Å². The van der Waals surface area contributed by atoms with Crippen LogP contribution >= 0.6 is 0 Å². The van der Waals surface area contributed by atoms with Gasteiger partial charge in [-0.1, -0.05) is 30.3 Å². The summed E-state index contributed by atoms with van der Waals surface area (Å²) >= 11 is 0. The summed E-state index contributed by atoms with van der Waals surface area (Å²) in [6, 6.07) is 12.9. The molecule has 3 aliphatic heterocycles. The smallest absolute Gasteiger partial charge is 0.325 e. The lowest BCUT2D eigenvalue weighted by Gasteiger charge is -2.27. The molecule has 8 nitrogen and oxygen atoms in total. The Labute approximate surface area is 197 Å². The van der Waals surface area contributed by atoms with Crippen molar-refractivity contribution in [2.75, 3.05) is 26.3 Å². The number of imide groups is 1. The third-order valence-corrected chi connectivity index (χ3v) is 7.45. The van der Waals surface area contributed by atoms with Gasteiger partial charge in [0.25, 0.3) is 5.91 Å². The lowest BCUT2D eigenvalue weighted by molar-refractivity contribution is -0.139. The van der Waals surface area contributed by atoms with Gasteiger partial charge in [-0.15, -0.1) is 0 Å². The molecule has 2 aromatic rings. The van der Waals surface area contributed by atoms with Crippen molar-refractivity contribution in [3.8, 4) is 11.5 Å². The zero-order chi connectivity index (χ0) is 23.3. The molecule has 3 heterocycles. The number of rotatable bonds is 3. The van der Waals surface area contributed by atoms with Crippen LogP contribution in [0.15, 0.2) is 42.5 Å². The zero-order valence-corrected chi connectivity index (χ0v) is 18.9. The molecule has 8 heteroatoms. The number of ether oxygens (including phenoxy) is 2. The summed E-state index contributed by atoms with van der Waals surface area (Å²) in [5.41, 5.74) is 1.84. The van der Waals surface area contributed by atoms with Gasteiger partial charge in [0.15, 0.2) is 11.5 Å². The molecule has 2 fully saturated rings. The predicted octanol–water partition coefficient (Wildman–Crippen LogP) is 2.90. The Morgan fingerprint density at radius 1 is 1.06 bits per heavy atom. The van der Waals surface area contributed by atoms with E-state index in [4.69, 9.17) is 9.47 Å². The van der Waals surface area contributed by atoms with Crippen LogP contribution < -0.4 is 14.8 Å². The number of fused-ring (bicyclic) bond motifs is 3. The lowest BCUT2D eigenvalue weighted by atomic mass is 9.92. The number of hydrogen-bond donors (Lipinski definition) is 1. The number of carbonyl (C=O) groups is 3. The van der Waals surface area contributed by atoms with Crippen LogP contribution in [0.5, 0.6) is 11.5 Å². The van der Waals surface area contributed by atoms with Crippen molar-refractivity contribution >= 4 is 17.8 Å². The first-order valence-electron chi connectivity index (χ1n) is 12.0. The molecule has 0 aromatic heterocycles. The Morgan fingerprint density at radius 3 is 2.76 bits per heavy atom. The summed E-state index contributed by atoms with van der Waals surface area (Å²) in [7, 11) is 0. The molecule has 176 valence electrons. The molecule has 6 rings (SSSR count). The molecule has 2 atom stereocenters. The molecular formula is C26H27N3O5. The van der Waals surface area contributed by atoms with Gasteiger partial charge < -0.3 is 19.7 Å². The van der Waals surface area contributed by atoms with Gasteiger partial charge in [0, 0.05) is 13.0 Å². The second kappa shape index (κ2) is 8.04. The maximum Gasteiger partial charge on any atom is 0.325 e. The molecule has 1 aliphatic carbocycles. The summed E-state index contributed by atoms with van der Waals surface area (Å²) in [4.78, 5) is 42.5. The number of nitrogens with one attached hydrogen (secondary N) is 1. The summed E-state index contributed by atoms with van der Waals surface area (Å²) in [6.45, 7) is 1.56. The van der Waals surface area contributed by atoms with Crippen LogP contribution in [0.25, 0.3) is 0 Å². The first-order valence-corrected chi connectivity index (χ1v) is 12.0. The normalized spacial score (nSPS) is 25.5. The minimum absolute atomic E-state index is 0.119. The standard InChI is InChI=1S/C26H27N3O5/c30-23(16-29-24(31)26(27-25(29)32)11-10-17-5-1-2-6-19(17)26)28-12-3-7-20(28)18-8-9-21-22(15-18)34-14-4-13-33-21/h1-2,5-6,8-9,15,20H,3-4,7,10-14,16H2,(H,27,32)/t20-,26+/m1/s1. The minimum atomic E-state index is -1.05. The third kappa shape index (κ3) is 3.23. The summed E-state index contributed by atoms with van der Waals surface area (Å²) in [5.74, 6) is 0.868. The van der Waals surface area contributed by atoms with Crippen molar-refractivity contribution in [2.24, 2.45) is 0 Å². The van der Waals surface area contributed by atoms with Crippen LogP contribution in [0.4, 0.5) is 4.79 Å². The van der Waals surface area contributed by atoms with Gasteiger partial charge in [-0.25, -0.2) is 4.79 Å². The Morgan fingerprint density at radius 2 is 1.88 bits per heavy atom. The lowest BCUT2D eigenvalue weighted by Crippen LogP contribution is -2.44. The van der Waals surface area contributed by atoms with Gasteiger partial charge in [0.05, 0.1) is 19.3 Å². The first-order chi connectivity index (χ1) is 16.6. The van der Waals surface area contributed by atoms with E-state index in [0.29, 0.717) is 31.9 Å². The molecule has 1 N–H and O–H groups in total. The van der Waals surface area contributed by atoms with Gasteiger partial charge in [-0.2, -0.15) is 0 Å². The number of nitrogens with zero attached hydrogens (tertiary/aromatic N) is 2. The Hall–Kier alpha value is -3.55. The molecule has 2 saturated heterocycles. The van der Waals surface area contributed by atoms with E-state index in [9.17, 15) is 14.4 Å². The van der Waals surface area contributed by atoms with E-state index in [1.165, 1.54) is 0 Å². The zero-order valence-electron chi connectivity index (χ0n) is 18.9. The van der Waals surface area contributed by atoms with Gasteiger partial charge in [0.2, 0.25) is 5.91 Å². The molecule has 34 heavy (non-hydrogen) atoms. The second-order valence-electron chi connectivity index (χ2n) is 9.39. The van der Waals surface area contributed by atoms with Crippen LogP contribution in [0.1, 0.15) is 48.4 Å². The predicted molar refractivity (Wildman–Crippen MR) is 122 cm³/mol. The van der Waals surface area contributed by atoms with E-state index in [2.05, 4.69) is 5.32 Å². The number of aryl methyl sites for hydroxylation is 1. The van der Waals surface area contributed by atoms with Crippen molar-refractivity contribution < 1.29 is 23.9 Å². The van der Waals surface area contributed by atoms with E-state index < -0.39 is 11.6 Å². The molecule has 4 aliphatic rings. The van der Waals surface area contributed by atoms with Crippen molar-refractivity contribution in [3.05, 3.63) is 59.2 Å². The van der Waals surface area contributed by atoms with E-state index in [0.717, 1.165) is 53.0 Å². The van der Waals surface area contributed by atoms with Crippen LogP contribution in [-0.4, -0.2) is 53.9 Å². The van der Waals surface area contributed by atoms with Crippen LogP contribution in [0.3, 0.4) is 0 Å². The Kier molecular flexibility index (Phi) is 4.97. The van der Waals surface area contributed by atoms with E-state index in [-0.39, 0.29) is 24.4 Å². The molecular weight excluding hydrogens is 434 g/mol. The maximum absolute atomic E-state index is 13.4. The second-order valence-corrected chi connectivity index (χ2v) is 9.39. The minimum Gasteiger partial charge on any atom is -0.490 e. The summed E-state index contributed by atoms with van der Waals surface area (Å²) in [6.07, 6.45) is 3.76. The molecule has 0 unspecified atom stereocenters. The van der Waals surface area contributed by atoms with Crippen LogP contribution in [0, 0.1) is 0 Å². The highest BCUT2D eigenvalue weighted by Gasteiger charge is 2.55. The highest BCUT2D eigenvalue weighted by atomic mass is 16.5. The third-order valence-electron chi connectivity index (χ3n) is 7.45. The quantitative estimate of drug-likeness (QED) is 0.711. The highest BCUT2D eigenvalue weighted by Crippen LogP contribution is 2.42. The molecule has 0 bridgehead atoms. The molecule has 0 saturated carbocycles. The summed E-state index contributed by atoms with van der Waals surface area (Å²) < 4.78 is 11.6. The first kappa shape index (κ1) is 21.0. The molecule has 0 radical (unpaired) electrons. The number of amides is 4. The fourth-order valence-electron chi connectivity index (χ4n) is 5.76. The average Bonchev–Trinajstić information content (AvgIpc) is 3.48. The van der Waals surface area contributed by atoms with Gasteiger partial charge in [-0.3, -0.25) is 14.5 Å². The topological polar surface area (TPSA) is 88.2 Å². The number of likely N-dealkylation sites (tertiary alicyclic amines) is 1. The van der Waals surface area contributed by atoms with Crippen LogP contribution in [-0.2, 0) is 21.5 Å². The number of carbonyl (C=O) groups excluding carboxylic acids is 3. The van der Waals surface area contributed by atoms with Gasteiger partial charge >= 0.3 is 6.03 Å². The Balaban J connectivity index is 1.21. The van der Waals surface area contributed by atoms with Crippen molar-refractivity contribution in [2.45, 2.75) is 43.7 Å². The van der Waals surface area contributed by atoms with E-state index in [1.54, 1.807) is 4.90 Å². The SMILES string of the molecule is O=C1N[C@]2(CCc3ccccc32)C(=O)N1CC(=O)N1CCC[C@@H]1c1ccc2c(c1)OCCCO2. The fourth-order valence-corrected chi connectivity index (χ4v) is 5.76. The Bertz CT molecular complexity index is 1180. The average molecular weight is 462 g/mol. The maximum atomic E-state index is 13.4. The number of urea groups is 1. The summed E-state index contributed by atoms with van der Waals surface area (Å²) in [5, 5.41) is 2.90. The van der Waals surface area contributed by atoms with Crippen LogP contribution in [0.2, 0.25) is 0 Å². The van der Waals surface area contributed by atoms with Gasteiger partial charge in [0.1, 0.15) is 12.1 Å². The molecule has 2 aromatic carbocycles. The highest BCUT2D eigenvalue weighted by molar-refractivity contribution is 6.10. The van der Waals surface area contributed by atoms with Crippen molar-refractivity contribution in [1.82, 2.24) is 15.1 Å². The van der Waals surface area contributed by atoms with E-state index in [1.807, 2.05) is 42.5 Å². The largest absolute Gasteiger partial charge is 0.490 e. The van der Waals surface area contributed by atoms with E-state index >= 15 is 0 Å².